The highest BCUT2D eigenvalue weighted by atomic mass is 16.4. The number of nitrogens with zero attached hydrogens (tertiary/aromatic N) is 1. The molecule has 0 fully saturated rings. The summed E-state index contributed by atoms with van der Waals surface area (Å²) in [4.78, 5) is 12.3. The Balaban J connectivity index is 2.10. The highest BCUT2D eigenvalue weighted by Gasteiger charge is 2.15. The van der Waals surface area contributed by atoms with Gasteiger partial charge in [0, 0.05) is 5.56 Å². The van der Waals surface area contributed by atoms with Gasteiger partial charge in [0.05, 0.1) is 5.56 Å². The van der Waals surface area contributed by atoms with Crippen LogP contribution in [0.3, 0.4) is 0 Å². The second-order valence-corrected chi connectivity index (χ2v) is 6.44. The van der Waals surface area contributed by atoms with E-state index in [2.05, 4.69) is 25.9 Å². The van der Waals surface area contributed by atoms with Crippen LogP contribution >= 0.6 is 0 Å². The number of hydrogen-bond donors (Lipinski definition) is 3. The number of carbonyl (C=O) groups excluding carboxylic acids is 1. The lowest BCUT2D eigenvalue weighted by molar-refractivity contribution is -0.464. The number of hydrogen-bond acceptors (Lipinski definition) is 3. The highest BCUT2D eigenvalue weighted by Crippen LogP contribution is 2.22. The lowest BCUT2D eigenvalue weighted by Crippen LogP contribution is -2.82. The molecule has 5 heteroatoms. The zero-order valence-corrected chi connectivity index (χ0v) is 13.6. The minimum absolute atomic E-state index is 0.0192. The summed E-state index contributed by atoms with van der Waals surface area (Å²) in [5, 5.41) is 13.2. The van der Waals surface area contributed by atoms with Crippen LogP contribution in [0.25, 0.3) is 0 Å². The quantitative estimate of drug-likeness (QED) is 0.266. The van der Waals surface area contributed by atoms with Gasteiger partial charge in [0.15, 0.2) is 5.84 Å². The molecular weight excluding hydrogens is 290 g/mol. The number of amidine groups is 1. The zero-order valence-electron chi connectivity index (χ0n) is 13.6. The number of rotatable bonds is 3. The first-order valence-corrected chi connectivity index (χ1v) is 7.39. The minimum Gasteiger partial charge on any atom is -0.409 e. The fourth-order valence-electron chi connectivity index (χ4n) is 2.18. The molecule has 1 amide bonds. The molecule has 0 atom stereocenters. The molecule has 2 aromatic carbocycles. The van der Waals surface area contributed by atoms with E-state index in [1.54, 1.807) is 29.6 Å². The van der Waals surface area contributed by atoms with Crippen LogP contribution < -0.4 is 11.1 Å². The number of amides is 1. The van der Waals surface area contributed by atoms with Crippen molar-refractivity contribution in [1.29, 1.82) is 0 Å². The van der Waals surface area contributed by atoms with Gasteiger partial charge in [-0.2, -0.15) is 0 Å². The molecule has 0 unspecified atom stereocenters. The van der Waals surface area contributed by atoms with E-state index in [0.717, 1.165) is 5.69 Å². The van der Waals surface area contributed by atoms with E-state index >= 15 is 0 Å². The summed E-state index contributed by atoms with van der Waals surface area (Å²) < 4.78 is 0. The summed E-state index contributed by atoms with van der Waals surface area (Å²) in [6.45, 7) is 6.46. The topological polar surface area (TPSA) is 92.3 Å². The number of benzene rings is 2. The molecule has 23 heavy (non-hydrogen) atoms. The van der Waals surface area contributed by atoms with Gasteiger partial charge in [0.2, 0.25) is 0 Å². The van der Waals surface area contributed by atoms with Crippen LogP contribution in [0.5, 0.6) is 0 Å². The lowest BCUT2D eigenvalue weighted by Gasteiger charge is -2.18. The standard InChI is InChI=1S/C18H21N3O2/c1-18(2,3)14-8-10-15(11-9-14)20-17(22)13-6-4-12(5-7-13)16(19)21-23/h4-11,23H,1-3H3,(H2,19,21)(H,20,22)/p+1. The van der Waals surface area contributed by atoms with Crippen LogP contribution in [0.4, 0.5) is 5.69 Å². The van der Waals surface area contributed by atoms with Crippen molar-refractivity contribution in [2.75, 3.05) is 0 Å². The molecule has 0 aliphatic carbocycles. The Morgan fingerprint density at radius 1 is 1.00 bits per heavy atom. The number of carbonyl (C=O) groups is 1. The van der Waals surface area contributed by atoms with Crippen LogP contribution in [0.2, 0.25) is 0 Å². The molecule has 0 aliphatic heterocycles. The Labute approximate surface area is 135 Å². The van der Waals surface area contributed by atoms with E-state index in [1.165, 1.54) is 5.56 Å². The molecule has 5 nitrogen and oxygen atoms in total. The third kappa shape index (κ3) is 4.17. The minimum atomic E-state index is -0.0837. The van der Waals surface area contributed by atoms with Crippen molar-refractivity contribution in [3.05, 3.63) is 65.2 Å². The average molecular weight is 312 g/mol. The second-order valence-electron chi connectivity index (χ2n) is 6.44. The zero-order chi connectivity index (χ0) is 17.0. The third-order valence-corrected chi connectivity index (χ3v) is 3.65. The van der Waals surface area contributed by atoms with Crippen LogP contribution in [0, 0.1) is 0 Å². The molecule has 0 aliphatic rings. The predicted molar refractivity (Wildman–Crippen MR) is 90.0 cm³/mol. The van der Waals surface area contributed by atoms with Crippen LogP contribution in [-0.4, -0.2) is 17.0 Å². The van der Waals surface area contributed by atoms with Gasteiger partial charge in [-0.15, -0.1) is 0 Å². The Hall–Kier alpha value is -2.66. The summed E-state index contributed by atoms with van der Waals surface area (Å²) in [6, 6.07) is 14.6. The number of oxime groups is 1. The summed E-state index contributed by atoms with van der Waals surface area (Å²) in [7, 11) is 0. The van der Waals surface area contributed by atoms with Crippen LogP contribution in [0.1, 0.15) is 42.3 Å². The monoisotopic (exact) mass is 312 g/mol. The van der Waals surface area contributed by atoms with Crippen LogP contribution in [0.15, 0.2) is 53.7 Å². The summed E-state index contributed by atoms with van der Waals surface area (Å²) >= 11 is 0. The Morgan fingerprint density at radius 3 is 2.00 bits per heavy atom. The van der Waals surface area contributed by atoms with Crippen molar-refractivity contribution in [3.63, 3.8) is 0 Å². The van der Waals surface area contributed by atoms with Crippen molar-refractivity contribution in [2.45, 2.75) is 26.2 Å². The fourth-order valence-corrected chi connectivity index (χ4v) is 2.18. The largest absolute Gasteiger partial charge is 0.409 e. The molecular formula is C18H22N3O2+. The first kappa shape index (κ1) is 16.7. The van der Waals surface area contributed by atoms with E-state index in [1.807, 2.05) is 24.3 Å². The summed E-state index contributed by atoms with van der Waals surface area (Å²) in [5.74, 6) is -0.0645. The van der Waals surface area contributed by atoms with Gasteiger partial charge in [0.25, 0.3) is 0 Å². The van der Waals surface area contributed by atoms with Gasteiger partial charge in [0.1, 0.15) is 5.69 Å². The summed E-state index contributed by atoms with van der Waals surface area (Å²) in [5.41, 5.74) is 8.80. The Morgan fingerprint density at radius 2 is 1.52 bits per heavy atom. The van der Waals surface area contributed by atoms with E-state index in [-0.39, 0.29) is 17.2 Å². The summed E-state index contributed by atoms with van der Waals surface area (Å²) in [6.07, 6.45) is 0. The molecule has 120 valence electrons. The number of primary amides is 1. The van der Waals surface area contributed by atoms with E-state index in [0.29, 0.717) is 11.1 Å². The molecule has 0 spiro atoms. The molecule has 0 saturated heterocycles. The van der Waals surface area contributed by atoms with Gasteiger partial charge >= 0.3 is 5.91 Å². The normalized spacial score (nSPS) is 12.2. The SMILES string of the molecule is CC(C)(C)c1ccc([NH2+]C(=O)c2ccc(/C(N)=N\O)cc2)cc1. The van der Waals surface area contributed by atoms with Crippen molar-refractivity contribution in [2.24, 2.45) is 10.9 Å². The molecule has 0 bridgehead atoms. The van der Waals surface area contributed by atoms with Crippen molar-refractivity contribution < 1.29 is 15.3 Å². The van der Waals surface area contributed by atoms with E-state index < -0.39 is 0 Å². The maximum Gasteiger partial charge on any atom is 0.347 e. The first-order valence-electron chi connectivity index (χ1n) is 7.39. The first-order chi connectivity index (χ1) is 10.8. The van der Waals surface area contributed by atoms with E-state index in [9.17, 15) is 4.79 Å². The van der Waals surface area contributed by atoms with Gasteiger partial charge in [-0.25, -0.2) is 10.1 Å². The highest BCUT2D eigenvalue weighted by molar-refractivity contribution is 5.98. The smallest absolute Gasteiger partial charge is 0.347 e. The molecule has 5 N–H and O–H groups in total. The Bertz CT molecular complexity index is 711. The van der Waals surface area contributed by atoms with Crippen molar-refractivity contribution >= 4 is 17.4 Å². The fraction of sp³-hybridized carbons (Fsp3) is 0.222. The maximum absolute atomic E-state index is 12.3. The van der Waals surface area contributed by atoms with Crippen LogP contribution in [-0.2, 0) is 5.41 Å². The van der Waals surface area contributed by atoms with Gasteiger partial charge < -0.3 is 10.9 Å². The average Bonchev–Trinajstić information content (AvgIpc) is 2.54. The molecule has 2 rings (SSSR count). The molecule has 0 heterocycles. The van der Waals surface area contributed by atoms with Gasteiger partial charge in [-0.3, -0.25) is 0 Å². The van der Waals surface area contributed by atoms with Gasteiger partial charge in [-0.1, -0.05) is 50.2 Å². The second kappa shape index (κ2) is 6.62. The molecule has 0 radical (unpaired) electrons. The Kier molecular flexibility index (Phi) is 4.81. The van der Waals surface area contributed by atoms with Crippen molar-refractivity contribution in [3.8, 4) is 0 Å². The number of nitrogens with two attached hydrogens (primary N) is 2. The maximum atomic E-state index is 12.3. The molecule has 0 saturated carbocycles. The molecule has 0 aromatic heterocycles. The number of quaternary nitrogens is 1. The third-order valence-electron chi connectivity index (χ3n) is 3.65. The molecule has 2 aromatic rings. The lowest BCUT2D eigenvalue weighted by atomic mass is 9.87. The van der Waals surface area contributed by atoms with E-state index in [4.69, 9.17) is 10.9 Å². The van der Waals surface area contributed by atoms with Crippen molar-refractivity contribution in [1.82, 2.24) is 0 Å². The van der Waals surface area contributed by atoms with Gasteiger partial charge in [-0.05, 0) is 35.2 Å². The predicted octanol–water partition coefficient (Wildman–Crippen LogP) is 2.11.